The molecule has 152 valence electrons. The van der Waals surface area contributed by atoms with Crippen molar-refractivity contribution in [2.24, 2.45) is 0 Å². The van der Waals surface area contributed by atoms with Gasteiger partial charge in [-0.1, -0.05) is 43.2 Å². The van der Waals surface area contributed by atoms with Crippen LogP contribution in [-0.4, -0.2) is 38.8 Å². The summed E-state index contributed by atoms with van der Waals surface area (Å²) < 4.78 is 7.55. The number of nitrogens with two attached hydrogens (primary N) is 1. The number of aromatic nitrogens is 3. The lowest BCUT2D eigenvalue weighted by molar-refractivity contribution is 0.0458. The van der Waals surface area contributed by atoms with Gasteiger partial charge in [-0.25, -0.2) is 4.79 Å². The number of nitrogens with one attached hydrogen (secondary N) is 1. The summed E-state index contributed by atoms with van der Waals surface area (Å²) in [6, 6.07) is 11.5. The molecule has 0 amide bonds. The Bertz CT molecular complexity index is 996. The number of hydrogen-bond acceptors (Lipinski definition) is 7. The van der Waals surface area contributed by atoms with E-state index in [-0.39, 0.29) is 25.2 Å². The molecule has 8 nitrogen and oxygen atoms in total. The van der Waals surface area contributed by atoms with E-state index in [9.17, 15) is 4.79 Å². The van der Waals surface area contributed by atoms with Crippen LogP contribution in [0.4, 0.5) is 11.8 Å². The molecule has 0 bridgehead atoms. The van der Waals surface area contributed by atoms with Crippen molar-refractivity contribution in [2.75, 3.05) is 24.2 Å². The van der Waals surface area contributed by atoms with Gasteiger partial charge in [-0.2, -0.15) is 9.97 Å². The van der Waals surface area contributed by atoms with Crippen LogP contribution in [-0.2, 0) is 11.3 Å². The third-order valence-corrected chi connectivity index (χ3v) is 5.23. The molecular formula is C21H25N5O3. The first kappa shape index (κ1) is 19.2. The molecule has 4 rings (SSSR count). The molecule has 0 saturated heterocycles. The Labute approximate surface area is 168 Å². The van der Waals surface area contributed by atoms with Gasteiger partial charge in [0.25, 0.3) is 0 Å². The molecule has 0 radical (unpaired) electrons. The zero-order chi connectivity index (χ0) is 20.2. The lowest BCUT2D eigenvalue weighted by Crippen LogP contribution is -2.16. The number of esters is 1. The Morgan fingerprint density at radius 3 is 2.72 bits per heavy atom. The summed E-state index contributed by atoms with van der Waals surface area (Å²) in [7, 11) is 0. The molecule has 1 fully saturated rings. The van der Waals surface area contributed by atoms with Gasteiger partial charge >= 0.3 is 5.97 Å². The van der Waals surface area contributed by atoms with Gasteiger partial charge in [0.2, 0.25) is 5.95 Å². The first-order valence-electron chi connectivity index (χ1n) is 9.91. The molecular weight excluding hydrogens is 370 g/mol. The summed E-state index contributed by atoms with van der Waals surface area (Å²) in [4.78, 5) is 21.7. The molecule has 3 aromatic rings. The van der Waals surface area contributed by atoms with E-state index < -0.39 is 5.97 Å². The minimum atomic E-state index is -0.398. The largest absolute Gasteiger partial charge is 0.456 e. The molecule has 2 heterocycles. The molecule has 2 aromatic heterocycles. The standard InChI is InChI=1S/C21H25N5O3/c22-21-24-18(23-10-11-27)16-12-17(20(28)29-13-14-6-2-1-3-7-14)26(19(16)25-21)15-8-4-5-9-15/h1-3,6-7,12,15,27H,4-5,8-11,13H2,(H3,22,23,24,25). The van der Waals surface area contributed by atoms with Gasteiger partial charge in [-0.05, 0) is 24.5 Å². The predicted molar refractivity (Wildman–Crippen MR) is 111 cm³/mol. The van der Waals surface area contributed by atoms with Crippen LogP contribution in [0.2, 0.25) is 0 Å². The maximum Gasteiger partial charge on any atom is 0.355 e. The van der Waals surface area contributed by atoms with Crippen molar-refractivity contribution >= 4 is 28.8 Å². The Morgan fingerprint density at radius 1 is 1.24 bits per heavy atom. The summed E-state index contributed by atoms with van der Waals surface area (Å²) in [5, 5.41) is 12.9. The lowest BCUT2D eigenvalue weighted by Gasteiger charge is -2.17. The van der Waals surface area contributed by atoms with Gasteiger partial charge in [0.1, 0.15) is 23.8 Å². The number of rotatable bonds is 7. The summed E-state index contributed by atoms with van der Waals surface area (Å²) in [6.45, 7) is 0.490. The van der Waals surface area contributed by atoms with E-state index >= 15 is 0 Å². The van der Waals surface area contributed by atoms with E-state index in [0.717, 1.165) is 31.2 Å². The van der Waals surface area contributed by atoms with Crippen molar-refractivity contribution in [2.45, 2.75) is 38.3 Å². The average molecular weight is 395 g/mol. The topological polar surface area (TPSA) is 115 Å². The van der Waals surface area contributed by atoms with E-state index in [1.54, 1.807) is 6.07 Å². The molecule has 1 aliphatic rings. The van der Waals surface area contributed by atoms with Crippen molar-refractivity contribution in [1.82, 2.24) is 14.5 Å². The normalized spacial score (nSPS) is 14.4. The minimum Gasteiger partial charge on any atom is -0.456 e. The second kappa shape index (κ2) is 8.48. The molecule has 0 unspecified atom stereocenters. The highest BCUT2D eigenvalue weighted by atomic mass is 16.5. The third kappa shape index (κ3) is 4.02. The second-order valence-electron chi connectivity index (χ2n) is 7.22. The van der Waals surface area contributed by atoms with Gasteiger partial charge in [0.15, 0.2) is 0 Å². The maximum atomic E-state index is 13.0. The van der Waals surface area contributed by atoms with E-state index in [1.165, 1.54) is 0 Å². The van der Waals surface area contributed by atoms with Crippen molar-refractivity contribution in [3.63, 3.8) is 0 Å². The zero-order valence-corrected chi connectivity index (χ0v) is 16.2. The number of nitrogen functional groups attached to an aromatic ring is 1. The molecule has 1 aromatic carbocycles. The number of hydrogen-bond donors (Lipinski definition) is 3. The summed E-state index contributed by atoms with van der Waals surface area (Å²) in [5.74, 6) is 0.236. The van der Waals surface area contributed by atoms with E-state index in [1.807, 2.05) is 34.9 Å². The Morgan fingerprint density at radius 2 is 2.00 bits per heavy atom. The van der Waals surface area contributed by atoms with Gasteiger partial charge in [0.05, 0.1) is 12.0 Å². The minimum absolute atomic E-state index is 0.0410. The Kier molecular flexibility index (Phi) is 5.62. The molecule has 29 heavy (non-hydrogen) atoms. The fourth-order valence-corrected chi connectivity index (χ4v) is 3.91. The number of nitrogens with zero attached hydrogens (tertiary/aromatic N) is 3. The average Bonchev–Trinajstić information content (AvgIpc) is 3.38. The number of carbonyl (C=O) groups excluding carboxylic acids is 1. The predicted octanol–water partition coefficient (Wildman–Crippen LogP) is 2.89. The van der Waals surface area contributed by atoms with Crippen molar-refractivity contribution in [1.29, 1.82) is 0 Å². The van der Waals surface area contributed by atoms with E-state index in [0.29, 0.717) is 29.1 Å². The second-order valence-corrected chi connectivity index (χ2v) is 7.22. The molecule has 1 aliphatic carbocycles. The number of aliphatic hydroxyl groups is 1. The van der Waals surface area contributed by atoms with Gasteiger partial charge < -0.3 is 25.5 Å². The number of anilines is 2. The van der Waals surface area contributed by atoms with Gasteiger partial charge in [0, 0.05) is 12.6 Å². The number of fused-ring (bicyclic) bond motifs is 1. The number of aliphatic hydroxyl groups excluding tert-OH is 1. The quantitative estimate of drug-likeness (QED) is 0.527. The zero-order valence-electron chi connectivity index (χ0n) is 16.2. The van der Waals surface area contributed by atoms with Crippen LogP contribution in [0.3, 0.4) is 0 Å². The van der Waals surface area contributed by atoms with E-state index in [2.05, 4.69) is 15.3 Å². The molecule has 0 aliphatic heterocycles. The Balaban J connectivity index is 1.73. The number of ether oxygens (including phenoxy) is 1. The van der Waals surface area contributed by atoms with Crippen molar-refractivity contribution < 1.29 is 14.6 Å². The van der Waals surface area contributed by atoms with Gasteiger partial charge in [-0.15, -0.1) is 0 Å². The summed E-state index contributed by atoms with van der Waals surface area (Å²) in [6.07, 6.45) is 4.18. The van der Waals surface area contributed by atoms with Crippen molar-refractivity contribution in [3.8, 4) is 0 Å². The smallest absolute Gasteiger partial charge is 0.355 e. The monoisotopic (exact) mass is 395 g/mol. The van der Waals surface area contributed by atoms with Crippen LogP contribution >= 0.6 is 0 Å². The summed E-state index contributed by atoms with van der Waals surface area (Å²) in [5.41, 5.74) is 7.93. The number of carbonyl (C=O) groups is 1. The van der Waals surface area contributed by atoms with Gasteiger partial charge in [-0.3, -0.25) is 0 Å². The fraction of sp³-hybridized carbons (Fsp3) is 0.381. The SMILES string of the molecule is Nc1nc(NCCO)c2cc(C(=O)OCc3ccccc3)n(C3CCCC3)c2n1. The first-order valence-corrected chi connectivity index (χ1v) is 9.91. The Hall–Kier alpha value is -3.13. The van der Waals surface area contributed by atoms with Crippen LogP contribution < -0.4 is 11.1 Å². The van der Waals surface area contributed by atoms with Crippen LogP contribution in [0.15, 0.2) is 36.4 Å². The lowest BCUT2D eigenvalue weighted by atomic mass is 10.2. The van der Waals surface area contributed by atoms with Crippen LogP contribution in [0.25, 0.3) is 11.0 Å². The highest BCUT2D eigenvalue weighted by Crippen LogP contribution is 2.36. The molecule has 0 spiro atoms. The molecule has 4 N–H and O–H groups in total. The van der Waals surface area contributed by atoms with E-state index in [4.69, 9.17) is 15.6 Å². The van der Waals surface area contributed by atoms with Crippen LogP contribution in [0, 0.1) is 0 Å². The maximum absolute atomic E-state index is 13.0. The van der Waals surface area contributed by atoms with Crippen LogP contribution in [0.1, 0.15) is 47.8 Å². The summed E-state index contributed by atoms with van der Waals surface area (Å²) >= 11 is 0. The highest BCUT2D eigenvalue weighted by Gasteiger charge is 2.27. The van der Waals surface area contributed by atoms with Crippen molar-refractivity contribution in [3.05, 3.63) is 47.7 Å². The third-order valence-electron chi connectivity index (χ3n) is 5.23. The fourth-order valence-electron chi connectivity index (χ4n) is 3.91. The highest BCUT2D eigenvalue weighted by molar-refractivity contribution is 5.98. The van der Waals surface area contributed by atoms with Crippen LogP contribution in [0.5, 0.6) is 0 Å². The first-order chi connectivity index (χ1) is 14.2. The molecule has 1 saturated carbocycles. The molecule has 0 atom stereocenters. The number of benzene rings is 1. The molecule has 8 heteroatoms.